The van der Waals surface area contributed by atoms with E-state index in [2.05, 4.69) is 20.4 Å². The third-order valence-electron chi connectivity index (χ3n) is 3.97. The molecule has 0 radical (unpaired) electrons. The number of aromatic nitrogens is 1. The summed E-state index contributed by atoms with van der Waals surface area (Å²) in [6, 6.07) is 11.0. The lowest BCUT2D eigenvalue weighted by molar-refractivity contribution is -0.274. The van der Waals surface area contributed by atoms with Crippen LogP contribution in [-0.2, 0) is 13.1 Å². The van der Waals surface area contributed by atoms with Gasteiger partial charge in [0.2, 0.25) is 5.56 Å². The van der Waals surface area contributed by atoms with Crippen LogP contribution in [0.1, 0.15) is 25.3 Å². The van der Waals surface area contributed by atoms with E-state index in [-0.39, 0.29) is 41.8 Å². The van der Waals surface area contributed by atoms with Crippen LogP contribution < -0.4 is 20.9 Å². The summed E-state index contributed by atoms with van der Waals surface area (Å²) in [4.78, 5) is 16.0. The fraction of sp³-hybridized carbons (Fsp3) is 0.400. The van der Waals surface area contributed by atoms with E-state index in [0.717, 1.165) is 12.8 Å². The molecule has 0 atom stereocenters. The molecular formula is C20H26F3IN4O2. The summed E-state index contributed by atoms with van der Waals surface area (Å²) in [7, 11) is 0. The number of ether oxygens (including phenoxy) is 1. The van der Waals surface area contributed by atoms with Crippen LogP contribution >= 0.6 is 24.0 Å². The van der Waals surface area contributed by atoms with Gasteiger partial charge in [0.1, 0.15) is 5.75 Å². The summed E-state index contributed by atoms with van der Waals surface area (Å²) in [6.45, 7) is 3.80. The van der Waals surface area contributed by atoms with Gasteiger partial charge in [-0.3, -0.25) is 4.79 Å². The molecule has 0 aliphatic rings. The Morgan fingerprint density at radius 3 is 2.53 bits per heavy atom. The minimum atomic E-state index is -4.75. The van der Waals surface area contributed by atoms with Gasteiger partial charge in [0.05, 0.1) is 6.54 Å². The molecule has 0 aliphatic carbocycles. The van der Waals surface area contributed by atoms with Crippen LogP contribution in [0.15, 0.2) is 58.4 Å². The second kappa shape index (κ2) is 13.1. The largest absolute Gasteiger partial charge is 0.573 e. The second-order valence-electron chi connectivity index (χ2n) is 6.22. The zero-order valence-corrected chi connectivity index (χ0v) is 18.9. The lowest BCUT2D eigenvalue weighted by atomic mass is 10.2. The highest BCUT2D eigenvalue weighted by atomic mass is 127. The van der Waals surface area contributed by atoms with Crippen molar-refractivity contribution in [2.45, 2.75) is 39.2 Å². The van der Waals surface area contributed by atoms with Crippen LogP contribution in [0.2, 0.25) is 0 Å². The van der Waals surface area contributed by atoms with Gasteiger partial charge in [-0.15, -0.1) is 37.1 Å². The van der Waals surface area contributed by atoms with Gasteiger partial charge in [0, 0.05) is 37.5 Å². The molecule has 0 unspecified atom stereocenters. The number of para-hydroxylation sites is 1. The van der Waals surface area contributed by atoms with E-state index >= 15 is 0 Å². The first-order valence-electron chi connectivity index (χ1n) is 9.40. The molecule has 0 aliphatic heterocycles. The minimum absolute atomic E-state index is 0. The Morgan fingerprint density at radius 2 is 1.83 bits per heavy atom. The molecule has 0 saturated heterocycles. The summed E-state index contributed by atoms with van der Waals surface area (Å²) in [5.41, 5.74) is 0.306. The van der Waals surface area contributed by atoms with Crippen molar-refractivity contribution < 1.29 is 17.9 Å². The van der Waals surface area contributed by atoms with Crippen LogP contribution in [0, 0.1) is 0 Å². The Balaban J connectivity index is 0.00000450. The first-order chi connectivity index (χ1) is 13.9. The number of pyridine rings is 1. The van der Waals surface area contributed by atoms with Crippen molar-refractivity contribution in [3.63, 3.8) is 0 Å². The molecule has 6 nitrogen and oxygen atoms in total. The maximum atomic E-state index is 12.5. The number of aryl methyl sites for hydroxylation is 1. The smallest absolute Gasteiger partial charge is 0.405 e. The molecule has 2 aromatic rings. The Kier molecular flexibility index (Phi) is 11.3. The van der Waals surface area contributed by atoms with Crippen LogP contribution in [0.4, 0.5) is 13.2 Å². The van der Waals surface area contributed by atoms with Crippen molar-refractivity contribution in [3.8, 4) is 5.75 Å². The molecule has 10 heteroatoms. The summed E-state index contributed by atoms with van der Waals surface area (Å²) < 4.78 is 43.3. The maximum Gasteiger partial charge on any atom is 0.573 e. The number of nitrogens with zero attached hydrogens (tertiary/aromatic N) is 2. The van der Waals surface area contributed by atoms with Gasteiger partial charge >= 0.3 is 6.36 Å². The molecule has 2 N–H and O–H groups in total. The zero-order chi connectivity index (χ0) is 21.1. The molecule has 1 heterocycles. The third kappa shape index (κ3) is 9.51. The van der Waals surface area contributed by atoms with Crippen molar-refractivity contribution in [2.75, 3.05) is 13.1 Å². The van der Waals surface area contributed by atoms with Crippen molar-refractivity contribution in [2.24, 2.45) is 4.99 Å². The standard InChI is InChI=1S/C20H25F3N4O2.HI/c1-2-24-19(25-12-6-8-14-27-13-7-5-11-18(27)28)26-15-16-9-3-4-10-17(16)29-20(21,22)23;/h3-5,7,9-11,13H,2,6,8,12,14-15H2,1H3,(H2,24,25,26);1H. The van der Waals surface area contributed by atoms with E-state index < -0.39 is 6.36 Å². The van der Waals surface area contributed by atoms with Crippen LogP contribution in [0.5, 0.6) is 5.75 Å². The summed E-state index contributed by atoms with van der Waals surface area (Å²) in [5.74, 6) is 0.249. The lowest BCUT2D eigenvalue weighted by Crippen LogP contribution is -2.37. The number of hydrogen-bond donors (Lipinski definition) is 2. The number of benzene rings is 1. The molecule has 1 aromatic carbocycles. The average molecular weight is 538 g/mol. The fourth-order valence-electron chi connectivity index (χ4n) is 2.62. The summed E-state index contributed by atoms with van der Waals surface area (Å²) in [6.07, 6.45) is -1.39. The first kappa shape index (κ1) is 25.8. The van der Waals surface area contributed by atoms with Gasteiger partial charge in [-0.1, -0.05) is 24.3 Å². The quantitative estimate of drug-likeness (QED) is 0.220. The number of guanidine groups is 1. The van der Waals surface area contributed by atoms with Gasteiger partial charge < -0.3 is 19.9 Å². The van der Waals surface area contributed by atoms with Crippen LogP contribution in [-0.4, -0.2) is 30.0 Å². The van der Waals surface area contributed by atoms with Crippen molar-refractivity contribution in [1.29, 1.82) is 0 Å². The number of hydrogen-bond acceptors (Lipinski definition) is 3. The number of alkyl halides is 3. The highest BCUT2D eigenvalue weighted by Crippen LogP contribution is 2.26. The van der Waals surface area contributed by atoms with Gasteiger partial charge in [-0.2, -0.15) is 0 Å². The fourth-order valence-corrected chi connectivity index (χ4v) is 2.62. The summed E-state index contributed by atoms with van der Waals surface area (Å²) >= 11 is 0. The molecule has 1 aromatic heterocycles. The monoisotopic (exact) mass is 538 g/mol. The molecule has 30 heavy (non-hydrogen) atoms. The van der Waals surface area contributed by atoms with E-state index in [0.29, 0.717) is 31.2 Å². The SMILES string of the molecule is CCNC(=NCc1ccccc1OC(F)(F)F)NCCCCn1ccccc1=O.I. The van der Waals surface area contributed by atoms with E-state index in [9.17, 15) is 18.0 Å². The second-order valence-corrected chi connectivity index (χ2v) is 6.22. The Morgan fingerprint density at radius 1 is 1.10 bits per heavy atom. The highest BCUT2D eigenvalue weighted by Gasteiger charge is 2.31. The molecule has 0 bridgehead atoms. The molecule has 0 amide bonds. The van der Waals surface area contributed by atoms with Crippen molar-refractivity contribution >= 4 is 29.9 Å². The molecule has 0 spiro atoms. The van der Waals surface area contributed by atoms with Gasteiger partial charge in [0.15, 0.2) is 5.96 Å². The molecular weight excluding hydrogens is 512 g/mol. The molecule has 0 fully saturated rings. The Bertz CT molecular complexity index is 856. The minimum Gasteiger partial charge on any atom is -0.405 e. The molecule has 166 valence electrons. The Hall–Kier alpha value is -2.24. The van der Waals surface area contributed by atoms with E-state index in [4.69, 9.17) is 0 Å². The average Bonchev–Trinajstić information content (AvgIpc) is 2.67. The normalized spacial score (nSPS) is 11.5. The Labute approximate surface area is 190 Å². The number of nitrogens with one attached hydrogen (secondary N) is 2. The predicted octanol–water partition coefficient (Wildman–Crippen LogP) is 3.90. The maximum absolute atomic E-state index is 12.5. The number of aliphatic imine (C=N–C) groups is 1. The number of rotatable bonds is 9. The van der Waals surface area contributed by atoms with Crippen molar-refractivity contribution in [1.82, 2.24) is 15.2 Å². The topological polar surface area (TPSA) is 67.7 Å². The van der Waals surface area contributed by atoms with E-state index in [1.165, 1.54) is 18.2 Å². The third-order valence-corrected chi connectivity index (χ3v) is 3.97. The first-order valence-corrected chi connectivity index (χ1v) is 9.40. The van der Waals surface area contributed by atoms with Gasteiger partial charge in [0.25, 0.3) is 0 Å². The van der Waals surface area contributed by atoms with E-state index in [1.54, 1.807) is 29.0 Å². The summed E-state index contributed by atoms with van der Waals surface area (Å²) in [5, 5.41) is 6.21. The lowest BCUT2D eigenvalue weighted by Gasteiger charge is -2.14. The zero-order valence-electron chi connectivity index (χ0n) is 16.6. The number of unbranched alkanes of at least 4 members (excludes halogenated alkanes) is 1. The van der Waals surface area contributed by atoms with Crippen molar-refractivity contribution in [3.05, 3.63) is 64.6 Å². The van der Waals surface area contributed by atoms with Crippen LogP contribution in [0.25, 0.3) is 0 Å². The molecule has 2 rings (SSSR count). The highest BCUT2D eigenvalue weighted by molar-refractivity contribution is 14.0. The van der Waals surface area contributed by atoms with E-state index in [1.807, 2.05) is 13.0 Å². The van der Waals surface area contributed by atoms with Gasteiger partial charge in [-0.05, 0) is 31.9 Å². The van der Waals surface area contributed by atoms with Crippen LogP contribution in [0.3, 0.4) is 0 Å². The predicted molar refractivity (Wildman–Crippen MR) is 121 cm³/mol. The molecule has 0 saturated carbocycles. The number of halogens is 4. The van der Waals surface area contributed by atoms with Gasteiger partial charge in [-0.25, -0.2) is 4.99 Å².